The van der Waals surface area contributed by atoms with Gasteiger partial charge in [-0.15, -0.1) is 0 Å². The van der Waals surface area contributed by atoms with Crippen LogP contribution in [0, 0.1) is 5.92 Å². The van der Waals surface area contributed by atoms with Crippen molar-refractivity contribution in [2.45, 2.75) is 62.4 Å². The number of hydrogen-bond acceptors (Lipinski definition) is 2. The summed E-state index contributed by atoms with van der Waals surface area (Å²) in [5.74, 6) is 2.29. The summed E-state index contributed by atoms with van der Waals surface area (Å²) in [5, 5.41) is 0.850. The van der Waals surface area contributed by atoms with Crippen LogP contribution in [0.5, 0.6) is 0 Å². The Morgan fingerprint density at radius 2 is 1.79 bits per heavy atom. The molecule has 3 fully saturated rings. The van der Waals surface area contributed by atoms with E-state index < -0.39 is 0 Å². The minimum absolute atomic E-state index is 0.619. The van der Waals surface area contributed by atoms with Gasteiger partial charge in [0.25, 0.3) is 0 Å². The van der Waals surface area contributed by atoms with Crippen molar-refractivity contribution in [2.24, 2.45) is 5.92 Å². The molecule has 0 aromatic heterocycles. The molecule has 0 spiro atoms. The SMILES string of the molecule is C1CCC2OC3CCCSC3CC2C1. The third kappa shape index (κ3) is 1.71. The van der Waals surface area contributed by atoms with E-state index >= 15 is 0 Å². The van der Waals surface area contributed by atoms with Gasteiger partial charge in [0.15, 0.2) is 0 Å². The van der Waals surface area contributed by atoms with E-state index in [0.717, 1.165) is 11.2 Å². The fraction of sp³-hybridized carbons (Fsp3) is 1.00. The summed E-state index contributed by atoms with van der Waals surface area (Å²) in [5.41, 5.74) is 0. The maximum Gasteiger partial charge on any atom is 0.0697 e. The number of rotatable bonds is 0. The first-order chi connectivity index (χ1) is 6.93. The van der Waals surface area contributed by atoms with Gasteiger partial charge in [0.05, 0.1) is 12.2 Å². The molecule has 4 atom stereocenters. The molecule has 0 aromatic rings. The first-order valence-corrected chi connectivity index (χ1v) is 7.25. The summed E-state index contributed by atoms with van der Waals surface area (Å²) < 4.78 is 6.27. The van der Waals surface area contributed by atoms with E-state index in [-0.39, 0.29) is 0 Å². The van der Waals surface area contributed by atoms with E-state index in [0.29, 0.717) is 12.2 Å². The monoisotopic (exact) mass is 212 g/mol. The van der Waals surface area contributed by atoms with Crippen LogP contribution in [0.2, 0.25) is 0 Å². The third-order valence-electron chi connectivity index (χ3n) is 4.10. The van der Waals surface area contributed by atoms with Gasteiger partial charge in [-0.25, -0.2) is 0 Å². The first-order valence-electron chi connectivity index (χ1n) is 6.20. The predicted octanol–water partition coefficient (Wildman–Crippen LogP) is 3.23. The molecule has 0 bridgehead atoms. The van der Waals surface area contributed by atoms with Gasteiger partial charge in [-0.1, -0.05) is 12.8 Å². The van der Waals surface area contributed by atoms with Crippen molar-refractivity contribution in [2.75, 3.05) is 5.75 Å². The van der Waals surface area contributed by atoms with Crippen LogP contribution in [0.1, 0.15) is 44.9 Å². The van der Waals surface area contributed by atoms with Crippen LogP contribution in [-0.4, -0.2) is 23.2 Å². The lowest BCUT2D eigenvalue weighted by Gasteiger charge is -2.45. The second-order valence-electron chi connectivity index (χ2n) is 5.04. The van der Waals surface area contributed by atoms with Crippen LogP contribution in [0.4, 0.5) is 0 Å². The van der Waals surface area contributed by atoms with Crippen LogP contribution in [0.3, 0.4) is 0 Å². The van der Waals surface area contributed by atoms with Crippen molar-refractivity contribution < 1.29 is 4.74 Å². The highest BCUT2D eigenvalue weighted by atomic mass is 32.2. The Hall–Kier alpha value is 0.310. The van der Waals surface area contributed by atoms with Gasteiger partial charge in [0.1, 0.15) is 0 Å². The summed E-state index contributed by atoms with van der Waals surface area (Å²) in [4.78, 5) is 0. The molecule has 2 heterocycles. The average Bonchev–Trinajstić information content (AvgIpc) is 2.26. The average molecular weight is 212 g/mol. The summed E-state index contributed by atoms with van der Waals surface area (Å²) in [6.07, 6.45) is 11.1. The summed E-state index contributed by atoms with van der Waals surface area (Å²) in [6, 6.07) is 0. The molecule has 14 heavy (non-hydrogen) atoms. The van der Waals surface area contributed by atoms with Crippen LogP contribution >= 0.6 is 11.8 Å². The Bertz CT molecular complexity index is 164. The van der Waals surface area contributed by atoms with Crippen molar-refractivity contribution in [1.29, 1.82) is 0 Å². The van der Waals surface area contributed by atoms with E-state index in [9.17, 15) is 0 Å². The fourth-order valence-corrected chi connectivity index (χ4v) is 4.77. The Morgan fingerprint density at radius 3 is 2.79 bits per heavy atom. The molecule has 0 amide bonds. The Kier molecular flexibility index (Phi) is 2.76. The van der Waals surface area contributed by atoms with Gasteiger partial charge in [0.2, 0.25) is 0 Å². The molecule has 80 valence electrons. The van der Waals surface area contributed by atoms with Crippen LogP contribution in [0.25, 0.3) is 0 Å². The molecule has 2 saturated heterocycles. The summed E-state index contributed by atoms with van der Waals surface area (Å²) in [7, 11) is 0. The topological polar surface area (TPSA) is 9.23 Å². The highest BCUT2D eigenvalue weighted by molar-refractivity contribution is 8.00. The van der Waals surface area contributed by atoms with Crippen LogP contribution in [0.15, 0.2) is 0 Å². The maximum absolute atomic E-state index is 6.27. The van der Waals surface area contributed by atoms with Crippen molar-refractivity contribution in [3.05, 3.63) is 0 Å². The zero-order chi connectivity index (χ0) is 9.38. The largest absolute Gasteiger partial charge is 0.374 e. The van der Waals surface area contributed by atoms with Crippen molar-refractivity contribution >= 4 is 11.8 Å². The van der Waals surface area contributed by atoms with Gasteiger partial charge in [-0.05, 0) is 43.8 Å². The normalized spacial score (nSPS) is 48.0. The van der Waals surface area contributed by atoms with Crippen molar-refractivity contribution in [3.8, 4) is 0 Å². The molecule has 2 heteroatoms. The zero-order valence-electron chi connectivity index (χ0n) is 8.78. The Balaban J connectivity index is 1.68. The summed E-state index contributed by atoms with van der Waals surface area (Å²) >= 11 is 2.18. The van der Waals surface area contributed by atoms with E-state index in [1.54, 1.807) is 0 Å². The molecule has 0 aromatic carbocycles. The molecule has 0 N–H and O–H groups in total. The van der Waals surface area contributed by atoms with E-state index in [2.05, 4.69) is 11.8 Å². The minimum Gasteiger partial charge on any atom is -0.374 e. The second kappa shape index (κ2) is 4.05. The highest BCUT2D eigenvalue weighted by Gasteiger charge is 2.39. The first kappa shape index (κ1) is 9.53. The smallest absolute Gasteiger partial charge is 0.0697 e. The zero-order valence-corrected chi connectivity index (χ0v) is 9.60. The molecular weight excluding hydrogens is 192 g/mol. The molecule has 0 radical (unpaired) electrons. The van der Waals surface area contributed by atoms with Crippen molar-refractivity contribution in [1.82, 2.24) is 0 Å². The molecule has 1 aliphatic carbocycles. The number of fused-ring (bicyclic) bond motifs is 2. The Morgan fingerprint density at radius 1 is 0.929 bits per heavy atom. The molecule has 1 saturated carbocycles. The van der Waals surface area contributed by atoms with Gasteiger partial charge in [-0.3, -0.25) is 0 Å². The molecule has 4 unspecified atom stereocenters. The molecule has 3 aliphatic rings. The third-order valence-corrected chi connectivity index (χ3v) is 5.55. The minimum atomic E-state index is 0.619. The van der Waals surface area contributed by atoms with E-state index in [4.69, 9.17) is 4.74 Å². The van der Waals surface area contributed by atoms with Gasteiger partial charge in [-0.2, -0.15) is 11.8 Å². The summed E-state index contributed by atoms with van der Waals surface area (Å²) in [6.45, 7) is 0. The molecule has 2 aliphatic heterocycles. The predicted molar refractivity (Wildman–Crippen MR) is 60.7 cm³/mol. The number of ether oxygens (including phenoxy) is 1. The lowest BCUT2D eigenvalue weighted by atomic mass is 9.80. The quantitative estimate of drug-likeness (QED) is 0.609. The van der Waals surface area contributed by atoms with Gasteiger partial charge >= 0.3 is 0 Å². The maximum atomic E-state index is 6.27. The lowest BCUT2D eigenvalue weighted by Crippen LogP contribution is -2.45. The van der Waals surface area contributed by atoms with E-state index in [1.165, 1.54) is 50.7 Å². The van der Waals surface area contributed by atoms with Crippen LogP contribution < -0.4 is 0 Å². The van der Waals surface area contributed by atoms with Crippen LogP contribution in [-0.2, 0) is 4.74 Å². The second-order valence-corrected chi connectivity index (χ2v) is 6.39. The highest BCUT2D eigenvalue weighted by Crippen LogP contribution is 2.43. The standard InChI is InChI=1S/C12H20OS/c1-2-5-10-9(4-1)8-12-11(13-10)6-3-7-14-12/h9-12H,1-8H2. The molecule has 1 nitrogen and oxygen atoms in total. The number of hydrogen-bond donors (Lipinski definition) is 0. The molecular formula is C12H20OS. The lowest BCUT2D eigenvalue weighted by molar-refractivity contribution is -0.0984. The van der Waals surface area contributed by atoms with Gasteiger partial charge < -0.3 is 4.74 Å². The van der Waals surface area contributed by atoms with E-state index in [1.807, 2.05) is 0 Å². The Labute approximate surface area is 91.0 Å². The van der Waals surface area contributed by atoms with Gasteiger partial charge in [0, 0.05) is 5.25 Å². The van der Waals surface area contributed by atoms with Crippen molar-refractivity contribution in [3.63, 3.8) is 0 Å². The fourth-order valence-electron chi connectivity index (χ4n) is 3.33. The number of thioether (sulfide) groups is 1. The molecule has 3 rings (SSSR count).